The van der Waals surface area contributed by atoms with Crippen molar-refractivity contribution in [3.05, 3.63) is 59.1 Å². The van der Waals surface area contributed by atoms with E-state index in [-0.39, 0.29) is 24.0 Å². The number of halogens is 1. The zero-order valence-electron chi connectivity index (χ0n) is 16.5. The fourth-order valence-electron chi connectivity index (χ4n) is 3.00. The van der Waals surface area contributed by atoms with Gasteiger partial charge >= 0.3 is 0 Å². The van der Waals surface area contributed by atoms with Gasteiger partial charge in [0, 0.05) is 50.1 Å². The lowest BCUT2D eigenvalue weighted by molar-refractivity contribution is -0.00000524. The molecule has 27 heavy (non-hydrogen) atoms. The molecule has 0 radical (unpaired) electrons. The van der Waals surface area contributed by atoms with Gasteiger partial charge in [-0.3, -0.25) is 0 Å². The summed E-state index contributed by atoms with van der Waals surface area (Å²) in [5, 5.41) is 1.31. The number of benzene rings is 2. The van der Waals surface area contributed by atoms with E-state index in [1.165, 1.54) is 26.5 Å². The van der Waals surface area contributed by atoms with Gasteiger partial charge in [0.25, 0.3) is 0 Å². The van der Waals surface area contributed by atoms with Crippen molar-refractivity contribution in [3.8, 4) is 0 Å². The highest BCUT2D eigenvalue weighted by molar-refractivity contribution is 7.19. The van der Waals surface area contributed by atoms with E-state index in [0.717, 1.165) is 19.5 Å². The molecule has 1 aromatic heterocycles. The number of fused-ring (bicyclic) bond motifs is 1. The Labute approximate surface area is 183 Å². The number of aryl methyl sites for hydroxylation is 1. The molecule has 0 aliphatic rings. The first-order chi connectivity index (χ1) is 12.5. The first-order valence-corrected chi connectivity index (χ1v) is 9.88. The molecule has 0 N–H and O–H groups in total. The first kappa shape index (κ1) is 21.9. The van der Waals surface area contributed by atoms with E-state index in [2.05, 4.69) is 103 Å². The molecule has 1 heterocycles. The molecule has 0 unspecified atom stereocenters. The maximum atomic E-state index is 2.45. The van der Waals surface area contributed by atoms with Gasteiger partial charge in [0.1, 0.15) is 0 Å². The summed E-state index contributed by atoms with van der Waals surface area (Å²) in [6.45, 7) is 2.15. The smallest absolute Gasteiger partial charge is 0.185 e. The van der Waals surface area contributed by atoms with E-state index in [4.69, 9.17) is 0 Å². The Morgan fingerprint density at radius 3 is 2.37 bits per heavy atom. The van der Waals surface area contributed by atoms with Gasteiger partial charge < -0.3 is 33.8 Å². The third-order valence-corrected chi connectivity index (χ3v) is 5.58. The zero-order chi connectivity index (χ0) is 18.5. The number of thiazole rings is 1. The van der Waals surface area contributed by atoms with Crippen molar-refractivity contribution in [3.63, 3.8) is 0 Å². The highest BCUT2D eigenvalue weighted by Crippen LogP contribution is 2.28. The first-order valence-electron chi connectivity index (χ1n) is 9.06. The Balaban J connectivity index is 0.00000261. The normalized spacial score (nSPS) is 11.3. The van der Waals surface area contributed by atoms with Gasteiger partial charge in [-0.2, -0.15) is 0 Å². The number of para-hydroxylation sites is 1. The van der Waals surface area contributed by atoms with Gasteiger partial charge in [0.15, 0.2) is 15.2 Å². The number of aromatic nitrogens is 1. The number of hydrogen-bond donors (Lipinski definition) is 0. The fraction of sp³-hybridized carbons (Fsp3) is 0.318. The molecule has 0 aliphatic heterocycles. The molecular weight excluding hydrogens is 465 g/mol. The predicted octanol–water partition coefficient (Wildman–Crippen LogP) is 2.18. The molecule has 3 aromatic rings. The van der Waals surface area contributed by atoms with E-state index in [1.807, 2.05) is 11.3 Å². The average molecular weight is 493 g/mol. The Kier molecular flexibility index (Phi) is 8.26. The SMILES string of the molecule is CN(C)CCCn1c2ccccc2s[c+]1C=Cc1ccc(N(C)C)cc1.[I-]. The minimum Gasteiger partial charge on any atom is -1.00 e. The molecule has 0 fully saturated rings. The maximum Gasteiger partial charge on any atom is 0.185 e. The van der Waals surface area contributed by atoms with Gasteiger partial charge in [-0.1, -0.05) is 0 Å². The summed E-state index contributed by atoms with van der Waals surface area (Å²) in [6, 6.07) is 17.4. The molecule has 0 amide bonds. The van der Waals surface area contributed by atoms with Crippen LogP contribution in [0.1, 0.15) is 17.0 Å². The van der Waals surface area contributed by atoms with E-state index in [1.54, 1.807) is 0 Å². The lowest BCUT2D eigenvalue weighted by atomic mass is 10.2. The monoisotopic (exact) mass is 493 g/mol. The number of nitrogens with zero attached hydrogens (tertiary/aromatic N) is 3. The van der Waals surface area contributed by atoms with Crippen LogP contribution in [0.4, 0.5) is 5.69 Å². The quantitative estimate of drug-likeness (QED) is 0.370. The summed E-state index contributed by atoms with van der Waals surface area (Å²) in [7, 11) is 8.40. The number of rotatable bonds is 7. The summed E-state index contributed by atoms with van der Waals surface area (Å²) in [5.41, 5.74) is 3.79. The third kappa shape index (κ3) is 5.77. The second-order valence-corrected chi connectivity index (χ2v) is 8.10. The summed E-state index contributed by atoms with van der Waals surface area (Å²) >= 11 is 1.86. The second kappa shape index (κ2) is 10.2. The summed E-state index contributed by atoms with van der Waals surface area (Å²) in [6.07, 6.45) is 5.62. The predicted molar refractivity (Wildman–Crippen MR) is 117 cm³/mol. The molecular formula is C22H28IN3S. The zero-order valence-corrected chi connectivity index (χ0v) is 19.5. The number of anilines is 1. The van der Waals surface area contributed by atoms with Gasteiger partial charge in [0.2, 0.25) is 0 Å². The molecule has 0 saturated carbocycles. The van der Waals surface area contributed by atoms with Crippen LogP contribution < -0.4 is 28.9 Å². The molecule has 0 saturated heterocycles. The highest BCUT2D eigenvalue weighted by Gasteiger charge is 2.15. The van der Waals surface area contributed by atoms with Crippen molar-refractivity contribution in [1.29, 1.82) is 0 Å². The van der Waals surface area contributed by atoms with Crippen molar-refractivity contribution in [2.75, 3.05) is 39.6 Å². The van der Waals surface area contributed by atoms with Crippen molar-refractivity contribution in [1.82, 2.24) is 9.47 Å². The minimum atomic E-state index is 0. The van der Waals surface area contributed by atoms with Crippen molar-refractivity contribution in [2.24, 2.45) is 0 Å². The molecule has 2 aromatic carbocycles. The third-order valence-electron chi connectivity index (χ3n) is 4.45. The van der Waals surface area contributed by atoms with Crippen LogP contribution in [-0.2, 0) is 6.54 Å². The Hall–Kier alpha value is -1.44. The molecule has 0 bridgehead atoms. The Morgan fingerprint density at radius 2 is 1.70 bits per heavy atom. The van der Waals surface area contributed by atoms with E-state index >= 15 is 0 Å². The molecule has 144 valence electrons. The van der Waals surface area contributed by atoms with Crippen LogP contribution in [0.25, 0.3) is 22.4 Å². The topological polar surface area (TPSA) is 11.4 Å². The molecule has 3 nitrogen and oxygen atoms in total. The van der Waals surface area contributed by atoms with Crippen LogP contribution in [0.2, 0.25) is 0 Å². The summed E-state index contributed by atoms with van der Waals surface area (Å²) < 4.78 is 3.80. The van der Waals surface area contributed by atoms with E-state index < -0.39 is 0 Å². The average Bonchev–Trinajstić information content (AvgIpc) is 2.98. The summed E-state index contributed by atoms with van der Waals surface area (Å²) in [4.78, 5) is 4.37. The van der Waals surface area contributed by atoms with E-state index in [0.29, 0.717) is 0 Å². The lowest BCUT2D eigenvalue weighted by Crippen LogP contribution is -3.00. The van der Waals surface area contributed by atoms with Crippen molar-refractivity contribution in [2.45, 2.75) is 13.0 Å². The van der Waals surface area contributed by atoms with Crippen LogP contribution in [0, 0.1) is 0 Å². The molecule has 0 atom stereocenters. The second-order valence-electron chi connectivity index (χ2n) is 7.04. The van der Waals surface area contributed by atoms with Crippen molar-refractivity contribution >= 4 is 39.4 Å². The lowest BCUT2D eigenvalue weighted by Gasteiger charge is -2.11. The van der Waals surface area contributed by atoms with Crippen molar-refractivity contribution < 1.29 is 24.0 Å². The molecule has 0 spiro atoms. The van der Waals surface area contributed by atoms with Crippen LogP contribution in [0.3, 0.4) is 0 Å². The van der Waals surface area contributed by atoms with Crippen LogP contribution in [-0.4, -0.2) is 44.2 Å². The minimum absolute atomic E-state index is 0. The van der Waals surface area contributed by atoms with Crippen LogP contribution >= 0.6 is 11.3 Å². The van der Waals surface area contributed by atoms with Crippen LogP contribution in [0.5, 0.6) is 0 Å². The standard InChI is InChI=1S/C22H28N3S.HI/c1-23(2)16-7-17-25-20-8-5-6-9-21(20)26-22(25)15-12-18-10-13-19(14-11-18)24(3)4;/h5-6,8-15H,7,16-17H2,1-4H3;1H/q+1;/p-1. The fourth-order valence-corrected chi connectivity index (χ4v) is 4.09. The van der Waals surface area contributed by atoms with Gasteiger partial charge in [-0.25, -0.2) is 4.57 Å². The molecule has 5 heteroatoms. The van der Waals surface area contributed by atoms with Crippen LogP contribution in [0.15, 0.2) is 48.5 Å². The maximum absolute atomic E-state index is 2.45. The Morgan fingerprint density at radius 1 is 1.00 bits per heavy atom. The summed E-state index contributed by atoms with van der Waals surface area (Å²) in [5.74, 6) is 0. The van der Waals surface area contributed by atoms with Gasteiger partial charge in [-0.05, 0) is 74.8 Å². The Bertz CT molecular complexity index is 882. The van der Waals surface area contributed by atoms with E-state index in [9.17, 15) is 0 Å². The largest absolute Gasteiger partial charge is 1.00 e. The highest BCUT2D eigenvalue weighted by atomic mass is 127. The van der Waals surface area contributed by atoms with Gasteiger partial charge in [-0.15, -0.1) is 0 Å². The number of hydrogen-bond acceptors (Lipinski definition) is 3. The van der Waals surface area contributed by atoms with Gasteiger partial charge in [0.05, 0.1) is 6.08 Å². The molecule has 3 rings (SSSR count). The molecule has 0 aliphatic carbocycles.